The lowest BCUT2D eigenvalue weighted by Gasteiger charge is -2.31. The number of carbonyl (C=O) groups excluding carboxylic acids is 1. The summed E-state index contributed by atoms with van der Waals surface area (Å²) in [5, 5.41) is 3.41. The smallest absolute Gasteiger partial charge is 0.244 e. The van der Waals surface area contributed by atoms with Crippen LogP contribution in [0.1, 0.15) is 24.0 Å². The van der Waals surface area contributed by atoms with Gasteiger partial charge in [-0.25, -0.2) is 8.42 Å². The Hall–Kier alpha value is -1.60. The number of carbonyl (C=O) groups is 1. The second kappa shape index (κ2) is 8.41. The third kappa shape index (κ3) is 4.51. The summed E-state index contributed by atoms with van der Waals surface area (Å²) in [6.45, 7) is 4.47. The topological polar surface area (TPSA) is 66.5 Å². The van der Waals surface area contributed by atoms with Crippen LogP contribution in [0.25, 0.3) is 0 Å². The van der Waals surface area contributed by atoms with E-state index in [1.807, 2.05) is 32.0 Å². The number of hydrogen-bond acceptors (Lipinski definition) is 3. The van der Waals surface area contributed by atoms with Crippen molar-refractivity contribution in [3.05, 3.63) is 57.6 Å². The highest BCUT2D eigenvalue weighted by molar-refractivity contribution is 7.89. The van der Waals surface area contributed by atoms with Crippen LogP contribution in [0.5, 0.6) is 0 Å². The molecule has 1 aliphatic heterocycles. The third-order valence-corrected chi connectivity index (χ3v) is 7.59. The fourth-order valence-electron chi connectivity index (χ4n) is 3.36. The van der Waals surface area contributed by atoms with Crippen LogP contribution in [0.3, 0.4) is 0 Å². The van der Waals surface area contributed by atoms with Gasteiger partial charge >= 0.3 is 0 Å². The number of nitrogens with zero attached hydrogens (tertiary/aromatic N) is 1. The van der Waals surface area contributed by atoms with Gasteiger partial charge in [0.25, 0.3) is 0 Å². The van der Waals surface area contributed by atoms with Gasteiger partial charge in [-0.15, -0.1) is 0 Å². The van der Waals surface area contributed by atoms with E-state index in [2.05, 4.69) is 5.32 Å². The molecule has 3 rings (SSSR count). The number of rotatable bonds is 4. The average molecular weight is 441 g/mol. The molecule has 0 saturated carbocycles. The Labute approximate surface area is 175 Å². The molecule has 1 aliphatic rings. The van der Waals surface area contributed by atoms with Crippen LogP contribution in [0.15, 0.2) is 41.3 Å². The van der Waals surface area contributed by atoms with Crippen molar-refractivity contribution in [1.29, 1.82) is 0 Å². The molecule has 0 atom stereocenters. The molecule has 5 nitrogen and oxygen atoms in total. The second-order valence-corrected chi connectivity index (χ2v) is 9.81. The van der Waals surface area contributed by atoms with E-state index in [-0.39, 0.29) is 34.8 Å². The first-order valence-corrected chi connectivity index (χ1v) is 11.2. The average Bonchev–Trinajstić information content (AvgIpc) is 2.66. The highest BCUT2D eigenvalue weighted by Gasteiger charge is 2.33. The van der Waals surface area contributed by atoms with Crippen LogP contribution in [0.4, 0.5) is 5.69 Å². The molecule has 0 spiro atoms. The molecule has 1 saturated heterocycles. The lowest BCUT2D eigenvalue weighted by atomic mass is 9.97. The van der Waals surface area contributed by atoms with E-state index in [0.29, 0.717) is 17.9 Å². The van der Waals surface area contributed by atoms with Gasteiger partial charge in [0.15, 0.2) is 0 Å². The molecule has 0 aliphatic carbocycles. The van der Waals surface area contributed by atoms with Gasteiger partial charge in [-0.1, -0.05) is 40.9 Å². The van der Waals surface area contributed by atoms with Gasteiger partial charge in [0.1, 0.15) is 4.90 Å². The maximum atomic E-state index is 12.9. The first-order valence-electron chi connectivity index (χ1n) is 9.02. The van der Waals surface area contributed by atoms with Crippen LogP contribution in [-0.2, 0) is 14.8 Å². The standard InChI is InChI=1S/C20H22Cl2N2O3S/c1-13-3-6-18(14(2)11-13)23-20(25)15-7-9-24(10-8-15)28(26,27)19-12-16(21)4-5-17(19)22/h3-6,11-12,15H,7-10H2,1-2H3,(H,23,25). The maximum Gasteiger partial charge on any atom is 0.244 e. The summed E-state index contributed by atoms with van der Waals surface area (Å²) in [4.78, 5) is 12.6. The number of hydrogen-bond donors (Lipinski definition) is 1. The largest absolute Gasteiger partial charge is 0.326 e. The fraction of sp³-hybridized carbons (Fsp3) is 0.350. The molecular weight excluding hydrogens is 419 g/mol. The van der Waals surface area contributed by atoms with Gasteiger partial charge in [0.05, 0.1) is 5.02 Å². The Morgan fingerprint density at radius 1 is 1.07 bits per heavy atom. The zero-order valence-electron chi connectivity index (χ0n) is 15.7. The summed E-state index contributed by atoms with van der Waals surface area (Å²) in [5.74, 6) is -0.313. The molecule has 1 amide bonds. The second-order valence-electron chi connectivity index (χ2n) is 7.06. The molecule has 1 fully saturated rings. The summed E-state index contributed by atoms with van der Waals surface area (Å²) in [6, 6.07) is 10.2. The minimum atomic E-state index is -3.75. The summed E-state index contributed by atoms with van der Waals surface area (Å²) < 4.78 is 27.1. The van der Waals surface area contributed by atoms with Crippen LogP contribution < -0.4 is 5.32 Å². The van der Waals surface area contributed by atoms with Crippen molar-refractivity contribution in [3.8, 4) is 0 Å². The van der Waals surface area contributed by atoms with Crippen molar-refractivity contribution in [2.45, 2.75) is 31.6 Å². The molecule has 8 heteroatoms. The highest BCUT2D eigenvalue weighted by Crippen LogP contribution is 2.30. The van der Waals surface area contributed by atoms with Gasteiger partial charge in [0, 0.05) is 29.7 Å². The predicted molar refractivity (Wildman–Crippen MR) is 112 cm³/mol. The maximum absolute atomic E-state index is 12.9. The van der Waals surface area contributed by atoms with Gasteiger partial charge in [-0.2, -0.15) is 4.31 Å². The molecule has 2 aromatic rings. The number of anilines is 1. The molecule has 2 aromatic carbocycles. The number of nitrogens with one attached hydrogen (secondary N) is 1. The molecule has 0 aromatic heterocycles. The van der Waals surface area contributed by atoms with E-state index < -0.39 is 10.0 Å². The Morgan fingerprint density at radius 3 is 2.39 bits per heavy atom. The van der Waals surface area contributed by atoms with Crippen molar-refractivity contribution in [2.75, 3.05) is 18.4 Å². The SMILES string of the molecule is Cc1ccc(NC(=O)C2CCN(S(=O)(=O)c3cc(Cl)ccc3Cl)CC2)c(C)c1. The Bertz CT molecular complexity index is 1000. The van der Waals surface area contributed by atoms with Crippen molar-refractivity contribution < 1.29 is 13.2 Å². The monoisotopic (exact) mass is 440 g/mol. The molecule has 150 valence electrons. The van der Waals surface area contributed by atoms with Crippen LogP contribution >= 0.6 is 23.2 Å². The molecule has 28 heavy (non-hydrogen) atoms. The number of halogens is 2. The van der Waals surface area contributed by atoms with Crippen molar-refractivity contribution in [3.63, 3.8) is 0 Å². The molecular formula is C20H22Cl2N2O3S. The highest BCUT2D eigenvalue weighted by atomic mass is 35.5. The van der Waals surface area contributed by atoms with E-state index in [1.54, 1.807) is 6.07 Å². The third-order valence-electron chi connectivity index (χ3n) is 4.98. The van der Waals surface area contributed by atoms with Gasteiger partial charge in [-0.05, 0) is 56.5 Å². The zero-order valence-corrected chi connectivity index (χ0v) is 18.0. The molecule has 1 heterocycles. The minimum Gasteiger partial charge on any atom is -0.326 e. The lowest BCUT2D eigenvalue weighted by molar-refractivity contribution is -0.120. The van der Waals surface area contributed by atoms with E-state index >= 15 is 0 Å². The van der Waals surface area contributed by atoms with Crippen LogP contribution in [-0.4, -0.2) is 31.7 Å². The van der Waals surface area contributed by atoms with E-state index in [9.17, 15) is 13.2 Å². The Morgan fingerprint density at radius 2 is 1.75 bits per heavy atom. The van der Waals surface area contributed by atoms with E-state index in [4.69, 9.17) is 23.2 Å². The van der Waals surface area contributed by atoms with E-state index in [1.165, 1.54) is 16.4 Å². The summed E-state index contributed by atoms with van der Waals surface area (Å²) in [6.07, 6.45) is 0.905. The van der Waals surface area contributed by atoms with Gasteiger partial charge < -0.3 is 5.32 Å². The first kappa shape index (κ1) is 21.1. The minimum absolute atomic E-state index is 0.000140. The van der Waals surface area contributed by atoms with Crippen molar-refractivity contribution >= 4 is 44.8 Å². The summed E-state index contributed by atoms with van der Waals surface area (Å²) in [7, 11) is -3.75. The molecule has 0 radical (unpaired) electrons. The van der Waals surface area contributed by atoms with Gasteiger partial charge in [-0.3, -0.25) is 4.79 Å². The van der Waals surface area contributed by atoms with Crippen LogP contribution in [0.2, 0.25) is 10.0 Å². The lowest BCUT2D eigenvalue weighted by Crippen LogP contribution is -2.41. The number of amides is 1. The quantitative estimate of drug-likeness (QED) is 0.751. The van der Waals surface area contributed by atoms with Crippen molar-refractivity contribution in [2.24, 2.45) is 5.92 Å². The molecule has 0 bridgehead atoms. The fourth-order valence-corrected chi connectivity index (χ4v) is 5.57. The van der Waals surface area contributed by atoms with Crippen LogP contribution in [0, 0.1) is 19.8 Å². The first-order chi connectivity index (χ1) is 13.2. The van der Waals surface area contributed by atoms with Gasteiger partial charge in [0.2, 0.25) is 15.9 Å². The molecule has 0 unspecified atom stereocenters. The number of sulfonamides is 1. The van der Waals surface area contributed by atoms with E-state index in [0.717, 1.165) is 16.8 Å². The zero-order chi connectivity index (χ0) is 20.5. The van der Waals surface area contributed by atoms with Crippen molar-refractivity contribution in [1.82, 2.24) is 4.31 Å². The number of aryl methyl sites for hydroxylation is 2. The Balaban J connectivity index is 1.66. The summed E-state index contributed by atoms with van der Waals surface area (Å²) >= 11 is 12.0. The number of piperidine rings is 1. The Kier molecular flexibility index (Phi) is 6.34. The normalized spacial score (nSPS) is 16.1. The number of benzene rings is 2. The summed E-state index contributed by atoms with van der Waals surface area (Å²) in [5.41, 5.74) is 2.93. The molecule has 1 N–H and O–H groups in total. The predicted octanol–water partition coefficient (Wildman–Crippen LogP) is 4.65.